The summed E-state index contributed by atoms with van der Waals surface area (Å²) in [6.07, 6.45) is 6.86. The molecule has 0 aliphatic carbocycles. The van der Waals surface area contributed by atoms with E-state index in [0.29, 0.717) is 6.10 Å². The third kappa shape index (κ3) is 3.65. The summed E-state index contributed by atoms with van der Waals surface area (Å²) in [5.74, 6) is 0. The fourth-order valence-electron chi connectivity index (χ4n) is 1.91. The number of ether oxygens (including phenoxy) is 1. The highest BCUT2D eigenvalue weighted by molar-refractivity contribution is 4.77. The van der Waals surface area contributed by atoms with Crippen molar-refractivity contribution in [1.82, 2.24) is 0 Å². The molecule has 1 saturated heterocycles. The Morgan fingerprint density at radius 1 is 1.38 bits per heavy atom. The molecule has 0 aromatic rings. The Labute approximate surface area is 81.3 Å². The van der Waals surface area contributed by atoms with Crippen molar-refractivity contribution in [2.24, 2.45) is 0 Å². The van der Waals surface area contributed by atoms with Gasteiger partial charge in [0.15, 0.2) is 0 Å². The first kappa shape index (κ1) is 11.0. The molecular formula is C11H22O2. The molecule has 0 spiro atoms. The van der Waals surface area contributed by atoms with Gasteiger partial charge >= 0.3 is 0 Å². The molecule has 0 unspecified atom stereocenters. The molecule has 0 saturated carbocycles. The first-order valence-corrected chi connectivity index (χ1v) is 5.57. The van der Waals surface area contributed by atoms with Crippen LogP contribution in [0.4, 0.5) is 0 Å². The summed E-state index contributed by atoms with van der Waals surface area (Å²) in [4.78, 5) is 0. The van der Waals surface area contributed by atoms with Crippen molar-refractivity contribution >= 4 is 0 Å². The molecule has 2 heteroatoms. The van der Waals surface area contributed by atoms with Crippen LogP contribution in [0.25, 0.3) is 0 Å². The van der Waals surface area contributed by atoms with Gasteiger partial charge in [-0.3, -0.25) is 0 Å². The van der Waals surface area contributed by atoms with Crippen LogP contribution in [0.5, 0.6) is 0 Å². The van der Waals surface area contributed by atoms with Crippen LogP contribution in [0, 0.1) is 0 Å². The van der Waals surface area contributed by atoms with Gasteiger partial charge in [0.05, 0.1) is 18.3 Å². The summed E-state index contributed by atoms with van der Waals surface area (Å²) in [5.41, 5.74) is 0. The van der Waals surface area contributed by atoms with Gasteiger partial charge < -0.3 is 9.84 Å². The van der Waals surface area contributed by atoms with Crippen LogP contribution in [0.2, 0.25) is 0 Å². The van der Waals surface area contributed by atoms with Crippen LogP contribution in [0.3, 0.4) is 0 Å². The fraction of sp³-hybridized carbons (Fsp3) is 1.00. The summed E-state index contributed by atoms with van der Waals surface area (Å²) in [5, 5.41) is 9.77. The molecule has 0 bridgehead atoms. The first-order chi connectivity index (χ1) is 6.24. The van der Waals surface area contributed by atoms with E-state index in [1.807, 2.05) is 0 Å². The maximum atomic E-state index is 9.77. The average Bonchev–Trinajstić information content (AvgIpc) is 2.52. The Bertz CT molecular complexity index is 136. The molecule has 1 rings (SSSR count). The smallest absolute Gasteiger partial charge is 0.0838 e. The minimum absolute atomic E-state index is 0.117. The molecule has 0 radical (unpaired) electrons. The Kier molecular flexibility index (Phi) is 4.74. The van der Waals surface area contributed by atoms with Crippen molar-refractivity contribution in [3.63, 3.8) is 0 Å². The van der Waals surface area contributed by atoms with E-state index >= 15 is 0 Å². The van der Waals surface area contributed by atoms with Gasteiger partial charge in [0.2, 0.25) is 0 Å². The van der Waals surface area contributed by atoms with Gasteiger partial charge in [-0.05, 0) is 26.2 Å². The van der Waals surface area contributed by atoms with Gasteiger partial charge in [0, 0.05) is 0 Å². The number of aliphatic hydroxyl groups is 1. The van der Waals surface area contributed by atoms with E-state index in [9.17, 15) is 5.11 Å². The molecule has 0 aromatic carbocycles. The summed E-state index contributed by atoms with van der Waals surface area (Å²) in [7, 11) is 0. The molecule has 1 fully saturated rings. The number of aliphatic hydroxyl groups excluding tert-OH is 1. The van der Waals surface area contributed by atoms with Crippen LogP contribution >= 0.6 is 0 Å². The van der Waals surface area contributed by atoms with Crippen LogP contribution in [0.1, 0.15) is 52.4 Å². The molecule has 2 nitrogen and oxygen atoms in total. The van der Waals surface area contributed by atoms with Crippen LogP contribution in [0.15, 0.2) is 0 Å². The lowest BCUT2D eigenvalue weighted by Crippen LogP contribution is -2.25. The van der Waals surface area contributed by atoms with E-state index in [4.69, 9.17) is 4.74 Å². The maximum absolute atomic E-state index is 9.77. The van der Waals surface area contributed by atoms with Gasteiger partial charge in [0.25, 0.3) is 0 Å². The first-order valence-electron chi connectivity index (χ1n) is 5.57. The second-order valence-corrected chi connectivity index (χ2v) is 4.13. The molecule has 1 aliphatic heterocycles. The Hall–Kier alpha value is -0.0800. The normalized spacial score (nSPS) is 30.7. The minimum atomic E-state index is -0.225. The van der Waals surface area contributed by atoms with Crippen LogP contribution < -0.4 is 0 Å². The van der Waals surface area contributed by atoms with Gasteiger partial charge in [0.1, 0.15) is 0 Å². The molecule has 1 N–H and O–H groups in total. The molecular weight excluding hydrogens is 164 g/mol. The Balaban J connectivity index is 2.12. The number of unbranched alkanes of at least 4 members (excludes halogenated alkanes) is 2. The maximum Gasteiger partial charge on any atom is 0.0838 e. The van der Waals surface area contributed by atoms with E-state index in [0.717, 1.165) is 25.7 Å². The predicted molar refractivity (Wildman–Crippen MR) is 53.7 cm³/mol. The molecule has 0 amide bonds. The van der Waals surface area contributed by atoms with E-state index in [-0.39, 0.29) is 12.2 Å². The van der Waals surface area contributed by atoms with Crippen molar-refractivity contribution in [1.29, 1.82) is 0 Å². The number of rotatable bonds is 5. The van der Waals surface area contributed by atoms with Crippen LogP contribution in [-0.2, 0) is 4.74 Å². The van der Waals surface area contributed by atoms with Crippen molar-refractivity contribution in [2.45, 2.75) is 70.7 Å². The molecule has 78 valence electrons. The molecule has 1 aliphatic rings. The highest BCUT2D eigenvalue weighted by Gasteiger charge is 2.27. The van der Waals surface area contributed by atoms with E-state index in [1.165, 1.54) is 12.8 Å². The summed E-state index contributed by atoms with van der Waals surface area (Å²) >= 11 is 0. The van der Waals surface area contributed by atoms with Crippen molar-refractivity contribution in [2.75, 3.05) is 0 Å². The Morgan fingerprint density at radius 2 is 2.15 bits per heavy atom. The van der Waals surface area contributed by atoms with Crippen molar-refractivity contribution in [3.05, 3.63) is 0 Å². The highest BCUT2D eigenvalue weighted by Crippen LogP contribution is 2.23. The van der Waals surface area contributed by atoms with E-state index in [2.05, 4.69) is 13.8 Å². The lowest BCUT2D eigenvalue weighted by molar-refractivity contribution is -0.0322. The van der Waals surface area contributed by atoms with Crippen molar-refractivity contribution in [3.8, 4) is 0 Å². The molecule has 1 heterocycles. The fourth-order valence-corrected chi connectivity index (χ4v) is 1.91. The zero-order valence-electron chi connectivity index (χ0n) is 8.83. The second kappa shape index (κ2) is 5.61. The lowest BCUT2D eigenvalue weighted by Gasteiger charge is -2.17. The SMILES string of the molecule is CCCCC[C@@H](O)[C@@H]1CC[C@@H](C)O1. The van der Waals surface area contributed by atoms with Crippen LogP contribution in [-0.4, -0.2) is 23.4 Å². The van der Waals surface area contributed by atoms with Gasteiger partial charge in [-0.25, -0.2) is 0 Å². The van der Waals surface area contributed by atoms with Gasteiger partial charge in [-0.15, -0.1) is 0 Å². The third-order valence-electron chi connectivity index (χ3n) is 2.80. The predicted octanol–water partition coefficient (Wildman–Crippen LogP) is 2.50. The standard InChI is InChI=1S/C11H22O2/c1-3-4-5-6-10(12)11-8-7-9(2)13-11/h9-12H,3-8H2,1-2H3/t9-,10-,11+/m1/s1. The van der Waals surface area contributed by atoms with Crippen molar-refractivity contribution < 1.29 is 9.84 Å². The molecule has 0 aromatic heterocycles. The van der Waals surface area contributed by atoms with Gasteiger partial charge in [-0.1, -0.05) is 26.2 Å². The summed E-state index contributed by atoms with van der Waals surface area (Å²) in [6, 6.07) is 0. The lowest BCUT2D eigenvalue weighted by atomic mass is 10.0. The molecule has 3 atom stereocenters. The van der Waals surface area contributed by atoms with E-state index in [1.54, 1.807) is 0 Å². The van der Waals surface area contributed by atoms with E-state index < -0.39 is 0 Å². The highest BCUT2D eigenvalue weighted by atomic mass is 16.5. The summed E-state index contributed by atoms with van der Waals surface area (Å²) < 4.78 is 5.60. The number of hydrogen-bond acceptors (Lipinski definition) is 2. The topological polar surface area (TPSA) is 29.5 Å². The second-order valence-electron chi connectivity index (χ2n) is 4.13. The monoisotopic (exact) mass is 186 g/mol. The largest absolute Gasteiger partial charge is 0.390 e. The third-order valence-corrected chi connectivity index (χ3v) is 2.80. The van der Waals surface area contributed by atoms with Gasteiger partial charge in [-0.2, -0.15) is 0 Å². The zero-order valence-corrected chi connectivity index (χ0v) is 8.83. The number of hydrogen-bond donors (Lipinski definition) is 1. The molecule has 13 heavy (non-hydrogen) atoms. The minimum Gasteiger partial charge on any atom is -0.390 e. The summed E-state index contributed by atoms with van der Waals surface area (Å²) in [6.45, 7) is 4.26. The average molecular weight is 186 g/mol. The zero-order chi connectivity index (χ0) is 9.68. The Morgan fingerprint density at radius 3 is 2.69 bits per heavy atom. The quantitative estimate of drug-likeness (QED) is 0.668.